The average molecular weight is 561 g/mol. The molecule has 0 fully saturated rings. The van der Waals surface area contributed by atoms with E-state index in [1.807, 2.05) is 59.1 Å². The van der Waals surface area contributed by atoms with Crippen LogP contribution in [-0.2, 0) is 0 Å². The van der Waals surface area contributed by atoms with Crippen molar-refractivity contribution in [1.29, 1.82) is 0 Å². The van der Waals surface area contributed by atoms with Gasteiger partial charge in [-0.3, -0.25) is 4.57 Å². The third-order valence-corrected chi connectivity index (χ3v) is 10.2. The molecule has 0 saturated carbocycles. The van der Waals surface area contributed by atoms with Gasteiger partial charge in [-0.25, -0.2) is 4.98 Å². The van der Waals surface area contributed by atoms with E-state index < -0.39 is 0 Å². The van der Waals surface area contributed by atoms with Crippen molar-refractivity contribution in [2.24, 2.45) is 0 Å². The summed E-state index contributed by atoms with van der Waals surface area (Å²) in [6.07, 6.45) is 0. The maximum Gasteiger partial charge on any atom is 0.238 e. The highest BCUT2D eigenvalue weighted by Gasteiger charge is 2.24. The minimum Gasteiger partial charge on any atom is -0.275 e. The summed E-state index contributed by atoms with van der Waals surface area (Å²) in [7, 11) is 0. The second kappa shape index (κ2) is 8.80. The summed E-state index contributed by atoms with van der Waals surface area (Å²) in [4.78, 5) is 15.3. The van der Waals surface area contributed by atoms with Gasteiger partial charge in [-0.05, 0) is 11.5 Å². The van der Waals surface area contributed by atoms with E-state index in [2.05, 4.69) is 89.5 Å². The van der Waals surface area contributed by atoms with Gasteiger partial charge in [0.05, 0.1) is 25.1 Å². The summed E-state index contributed by atoms with van der Waals surface area (Å²) in [5, 5.41) is 4.91. The van der Waals surface area contributed by atoms with E-state index in [9.17, 15) is 0 Å². The molecule has 0 aliphatic heterocycles. The fourth-order valence-corrected chi connectivity index (χ4v) is 8.57. The fourth-order valence-electron chi connectivity index (χ4n) is 5.81. The van der Waals surface area contributed by atoms with Crippen LogP contribution >= 0.6 is 22.7 Å². The van der Waals surface area contributed by atoms with E-state index in [-0.39, 0.29) is 0 Å². The third-order valence-electron chi connectivity index (χ3n) is 7.66. The molecule has 4 aromatic heterocycles. The van der Waals surface area contributed by atoms with Gasteiger partial charge in [0, 0.05) is 32.0 Å². The first kappa shape index (κ1) is 22.9. The molecule has 0 N–H and O–H groups in total. The lowest BCUT2D eigenvalue weighted by Gasteiger charge is -2.11. The van der Waals surface area contributed by atoms with Gasteiger partial charge in [-0.15, -0.1) is 22.7 Å². The van der Waals surface area contributed by atoms with Crippen LogP contribution in [0.25, 0.3) is 80.1 Å². The number of thiophene rings is 2. The number of fused-ring (bicyclic) bond motifs is 9. The number of benzene rings is 5. The Bertz CT molecular complexity index is 2360. The molecule has 0 aliphatic carbocycles. The molecule has 9 aromatic rings. The molecule has 41 heavy (non-hydrogen) atoms. The highest BCUT2D eigenvalue weighted by Crippen LogP contribution is 2.49. The van der Waals surface area contributed by atoms with Crippen molar-refractivity contribution in [2.45, 2.75) is 0 Å². The van der Waals surface area contributed by atoms with Gasteiger partial charge in [-0.1, -0.05) is 115 Å². The van der Waals surface area contributed by atoms with Gasteiger partial charge in [-0.2, -0.15) is 9.97 Å². The summed E-state index contributed by atoms with van der Waals surface area (Å²) in [6, 6.07) is 42.1. The second-order valence-electron chi connectivity index (χ2n) is 10.1. The van der Waals surface area contributed by atoms with Crippen LogP contribution in [0.5, 0.6) is 0 Å². The van der Waals surface area contributed by atoms with Crippen LogP contribution in [0.4, 0.5) is 0 Å². The molecule has 6 heteroatoms. The normalized spacial score (nSPS) is 11.9. The second-order valence-corrected chi connectivity index (χ2v) is 12.1. The van der Waals surface area contributed by atoms with Crippen molar-refractivity contribution in [3.8, 4) is 28.7 Å². The predicted octanol–water partition coefficient (Wildman–Crippen LogP) is 9.89. The van der Waals surface area contributed by atoms with Crippen LogP contribution in [-0.4, -0.2) is 19.5 Å². The zero-order valence-electron chi connectivity index (χ0n) is 21.7. The van der Waals surface area contributed by atoms with Crippen LogP contribution in [0.2, 0.25) is 0 Å². The molecule has 0 aliphatic rings. The number of hydrogen-bond donors (Lipinski definition) is 0. The van der Waals surface area contributed by atoms with Crippen LogP contribution in [0.15, 0.2) is 121 Å². The molecule has 4 nitrogen and oxygen atoms in total. The molecule has 0 spiro atoms. The Labute approximate surface area is 242 Å². The Kier molecular flexibility index (Phi) is 4.90. The summed E-state index contributed by atoms with van der Waals surface area (Å²) in [6.45, 7) is 0. The lowest BCUT2D eigenvalue weighted by Crippen LogP contribution is -2.06. The van der Waals surface area contributed by atoms with Crippen LogP contribution in [0, 0.1) is 0 Å². The first-order valence-electron chi connectivity index (χ1n) is 13.5. The van der Waals surface area contributed by atoms with Crippen molar-refractivity contribution in [3.63, 3.8) is 0 Å². The molecule has 0 unspecified atom stereocenters. The van der Waals surface area contributed by atoms with E-state index >= 15 is 0 Å². The molecule has 0 bridgehead atoms. The van der Waals surface area contributed by atoms with Gasteiger partial charge in [0.25, 0.3) is 0 Å². The van der Waals surface area contributed by atoms with Crippen molar-refractivity contribution in [1.82, 2.24) is 19.5 Å². The topological polar surface area (TPSA) is 43.6 Å². The molecule has 192 valence electrons. The Morgan fingerprint density at radius 3 is 1.80 bits per heavy atom. The summed E-state index contributed by atoms with van der Waals surface area (Å²) >= 11 is 3.72. The Balaban J connectivity index is 1.47. The van der Waals surface area contributed by atoms with Gasteiger partial charge in [0.15, 0.2) is 11.6 Å². The Morgan fingerprint density at radius 2 is 1.07 bits per heavy atom. The van der Waals surface area contributed by atoms with Crippen molar-refractivity contribution in [2.75, 3.05) is 0 Å². The van der Waals surface area contributed by atoms with Crippen molar-refractivity contribution < 1.29 is 0 Å². The third kappa shape index (κ3) is 3.41. The molecular formula is C35H20N4S2. The number of nitrogens with zero attached hydrogens (tertiary/aromatic N) is 4. The standard InChI is InChI=1S/C35H20N4S2/c1-3-12-22(13-4-1)33-36-34(23-14-5-2-6-15-23)38-35(37-33)39-28-24-16-8-7-11-21(24)19-20-26(28)30-29(39)32-31(41-30)25-17-9-10-18-27(25)40-32/h1-20H. The predicted molar refractivity (Wildman–Crippen MR) is 173 cm³/mol. The maximum atomic E-state index is 5.17. The minimum absolute atomic E-state index is 0.631. The number of hydrogen-bond acceptors (Lipinski definition) is 5. The van der Waals surface area contributed by atoms with Crippen LogP contribution in [0.1, 0.15) is 0 Å². The summed E-state index contributed by atoms with van der Waals surface area (Å²) in [5.41, 5.74) is 4.22. The smallest absolute Gasteiger partial charge is 0.238 e. The molecule has 5 aromatic carbocycles. The fraction of sp³-hybridized carbons (Fsp3) is 0. The SMILES string of the molecule is c1ccc(-c2nc(-c3ccccc3)nc(-n3c4c5ccccc5ccc4c4sc5c6ccccc6sc5c43)n2)cc1. The Morgan fingerprint density at radius 1 is 0.439 bits per heavy atom. The zero-order chi connectivity index (χ0) is 26.9. The molecule has 4 heterocycles. The van der Waals surface area contributed by atoms with E-state index in [1.165, 1.54) is 45.9 Å². The van der Waals surface area contributed by atoms with E-state index in [4.69, 9.17) is 15.0 Å². The van der Waals surface area contributed by atoms with Gasteiger partial charge < -0.3 is 0 Å². The van der Waals surface area contributed by atoms with Crippen LogP contribution in [0.3, 0.4) is 0 Å². The van der Waals surface area contributed by atoms with E-state index in [0.717, 1.165) is 16.6 Å². The highest BCUT2D eigenvalue weighted by molar-refractivity contribution is 7.37. The monoisotopic (exact) mass is 560 g/mol. The summed E-state index contributed by atoms with van der Waals surface area (Å²) < 4.78 is 7.44. The van der Waals surface area contributed by atoms with Crippen molar-refractivity contribution in [3.05, 3.63) is 121 Å². The zero-order valence-corrected chi connectivity index (χ0v) is 23.3. The molecule has 9 rings (SSSR count). The Hall–Kier alpha value is -4.91. The molecule has 0 radical (unpaired) electrons. The molecule has 0 atom stereocenters. The molecular weight excluding hydrogens is 541 g/mol. The number of rotatable bonds is 3. The number of aromatic nitrogens is 4. The van der Waals surface area contributed by atoms with E-state index in [1.54, 1.807) is 0 Å². The average Bonchev–Trinajstić information content (AvgIpc) is 3.69. The first-order valence-corrected chi connectivity index (χ1v) is 15.1. The van der Waals surface area contributed by atoms with Gasteiger partial charge in [0.2, 0.25) is 5.95 Å². The quantitative estimate of drug-likeness (QED) is 0.216. The van der Waals surface area contributed by atoms with Gasteiger partial charge >= 0.3 is 0 Å². The van der Waals surface area contributed by atoms with Crippen molar-refractivity contribution >= 4 is 74.1 Å². The van der Waals surface area contributed by atoms with Gasteiger partial charge in [0.1, 0.15) is 0 Å². The lowest BCUT2D eigenvalue weighted by atomic mass is 10.1. The van der Waals surface area contributed by atoms with E-state index in [0.29, 0.717) is 17.6 Å². The maximum absolute atomic E-state index is 5.17. The lowest BCUT2D eigenvalue weighted by molar-refractivity contribution is 0.957. The highest BCUT2D eigenvalue weighted by atomic mass is 32.1. The molecule has 0 amide bonds. The minimum atomic E-state index is 0.631. The first-order chi connectivity index (χ1) is 20.3. The summed E-state index contributed by atoms with van der Waals surface area (Å²) in [5.74, 6) is 1.95. The van der Waals surface area contributed by atoms with Crippen LogP contribution < -0.4 is 0 Å². The molecule has 0 saturated heterocycles. The largest absolute Gasteiger partial charge is 0.275 e.